The van der Waals surface area contributed by atoms with Gasteiger partial charge in [0.2, 0.25) is 0 Å². The molecule has 38 heavy (non-hydrogen) atoms. The first kappa shape index (κ1) is 24.4. The number of aliphatic carboxylic acids is 1. The lowest BCUT2D eigenvalue weighted by atomic mass is 9.85. The van der Waals surface area contributed by atoms with Crippen LogP contribution >= 0.6 is 0 Å². The Balaban J connectivity index is 1.53. The van der Waals surface area contributed by atoms with E-state index >= 15 is 0 Å². The maximum Gasteiger partial charge on any atom is 0.414 e. The van der Waals surface area contributed by atoms with Crippen LogP contribution in [0, 0.1) is 5.92 Å². The fourth-order valence-corrected chi connectivity index (χ4v) is 6.16. The number of hydrogen-bond acceptors (Lipinski definition) is 7. The Hall–Kier alpha value is -3.92. The number of rotatable bonds is 4. The Labute approximate surface area is 218 Å². The molecule has 2 aliphatic rings. The van der Waals surface area contributed by atoms with E-state index in [1.54, 1.807) is 23.4 Å². The highest BCUT2D eigenvalue weighted by molar-refractivity contribution is 5.95. The number of amides is 1. The minimum Gasteiger partial charge on any atom is -0.481 e. The van der Waals surface area contributed by atoms with Crippen molar-refractivity contribution in [3.8, 4) is 0 Å². The smallest absolute Gasteiger partial charge is 0.414 e. The van der Waals surface area contributed by atoms with Gasteiger partial charge in [-0.25, -0.2) is 9.78 Å². The third kappa shape index (κ3) is 3.91. The first-order valence-corrected chi connectivity index (χ1v) is 13.0. The molecule has 1 amide bonds. The number of aryl methyl sites for hydroxylation is 1. The standard InChI is InChI=1S/C28H30N4O6/c1-15-6-7-19-21(31(15)28(36)37-2)8-9-22-24(19)30-26(32(22)18-5-3-4-17(12-18)27(34)35)25(33)20-13-16-10-11-38-23(16)14-29-20/h8-11,13-15,17-18,25,33H,3-7,12H2,1-2H3,(H,34,35)/t15-,17+,18+,25+/m0/s1. The van der Waals surface area contributed by atoms with Crippen molar-refractivity contribution in [3.05, 3.63) is 53.8 Å². The number of pyridine rings is 1. The Kier molecular flexibility index (Phi) is 6.06. The van der Waals surface area contributed by atoms with Crippen molar-refractivity contribution in [2.75, 3.05) is 12.0 Å². The number of aliphatic hydroxyl groups excluding tert-OH is 1. The maximum absolute atomic E-state index is 12.6. The van der Waals surface area contributed by atoms with Gasteiger partial charge in [-0.1, -0.05) is 6.42 Å². The van der Waals surface area contributed by atoms with Gasteiger partial charge >= 0.3 is 12.1 Å². The molecule has 1 aliphatic carbocycles. The lowest BCUT2D eigenvalue weighted by Crippen LogP contribution is -2.42. The number of hydrogen-bond donors (Lipinski definition) is 2. The van der Waals surface area contributed by atoms with Crippen LogP contribution in [-0.4, -0.2) is 50.0 Å². The van der Waals surface area contributed by atoms with E-state index in [0.717, 1.165) is 47.8 Å². The zero-order chi connectivity index (χ0) is 26.6. The number of carboxylic acid groups (broad SMARTS) is 1. The maximum atomic E-state index is 12.6. The van der Waals surface area contributed by atoms with E-state index in [9.17, 15) is 19.8 Å². The number of carboxylic acids is 1. The Bertz CT molecular complexity index is 1540. The van der Waals surface area contributed by atoms with Gasteiger partial charge in [-0.3, -0.25) is 14.7 Å². The van der Waals surface area contributed by atoms with Crippen molar-refractivity contribution >= 4 is 39.8 Å². The van der Waals surface area contributed by atoms with E-state index in [1.807, 2.05) is 29.7 Å². The predicted octanol–water partition coefficient (Wildman–Crippen LogP) is 4.98. The largest absolute Gasteiger partial charge is 0.481 e. The number of furan rings is 1. The Morgan fingerprint density at radius 2 is 2.05 bits per heavy atom. The molecule has 10 heteroatoms. The molecule has 6 rings (SSSR count). The molecule has 4 heterocycles. The summed E-state index contributed by atoms with van der Waals surface area (Å²) in [7, 11) is 1.37. The van der Waals surface area contributed by atoms with Gasteiger partial charge in [0.25, 0.3) is 0 Å². The first-order valence-electron chi connectivity index (χ1n) is 13.0. The Morgan fingerprint density at radius 1 is 1.21 bits per heavy atom. The summed E-state index contributed by atoms with van der Waals surface area (Å²) in [6, 6.07) is 7.25. The van der Waals surface area contributed by atoms with Crippen LogP contribution in [-0.2, 0) is 16.0 Å². The van der Waals surface area contributed by atoms with Gasteiger partial charge < -0.3 is 23.9 Å². The second-order valence-corrected chi connectivity index (χ2v) is 10.3. The van der Waals surface area contributed by atoms with Crippen LogP contribution in [0.1, 0.15) is 68.3 Å². The topological polar surface area (TPSA) is 131 Å². The molecular formula is C28H30N4O6. The highest BCUT2D eigenvalue weighted by atomic mass is 16.5. The molecule has 1 aliphatic heterocycles. The van der Waals surface area contributed by atoms with Crippen molar-refractivity contribution in [1.82, 2.24) is 14.5 Å². The molecule has 0 unspecified atom stereocenters. The molecule has 0 bridgehead atoms. The van der Waals surface area contributed by atoms with E-state index < -0.39 is 24.1 Å². The van der Waals surface area contributed by atoms with Gasteiger partial charge in [0.1, 0.15) is 5.82 Å². The fraction of sp³-hybridized carbons (Fsp3) is 0.429. The number of benzene rings is 1. The van der Waals surface area contributed by atoms with E-state index in [2.05, 4.69) is 4.98 Å². The fourth-order valence-electron chi connectivity index (χ4n) is 6.16. The summed E-state index contributed by atoms with van der Waals surface area (Å²) in [5.41, 5.74) is 4.24. The first-order chi connectivity index (χ1) is 18.4. The van der Waals surface area contributed by atoms with Gasteiger partial charge in [-0.05, 0) is 63.3 Å². The molecule has 3 aromatic heterocycles. The van der Waals surface area contributed by atoms with E-state index in [1.165, 1.54) is 7.11 Å². The number of carbonyl (C=O) groups excluding carboxylic acids is 1. The van der Waals surface area contributed by atoms with Gasteiger partial charge in [0, 0.05) is 23.0 Å². The summed E-state index contributed by atoms with van der Waals surface area (Å²) in [4.78, 5) is 35.6. The van der Waals surface area contributed by atoms with Gasteiger partial charge in [-0.2, -0.15) is 0 Å². The lowest BCUT2D eigenvalue weighted by Gasteiger charge is -2.34. The molecule has 10 nitrogen and oxygen atoms in total. The molecule has 0 radical (unpaired) electrons. The predicted molar refractivity (Wildman–Crippen MR) is 139 cm³/mol. The Morgan fingerprint density at radius 3 is 2.84 bits per heavy atom. The van der Waals surface area contributed by atoms with Crippen molar-refractivity contribution in [2.45, 2.75) is 63.6 Å². The third-order valence-electron chi connectivity index (χ3n) is 8.10. The van der Waals surface area contributed by atoms with E-state index in [0.29, 0.717) is 35.5 Å². The van der Waals surface area contributed by atoms with Crippen LogP contribution in [0.4, 0.5) is 10.5 Å². The molecule has 4 aromatic rings. The van der Waals surface area contributed by atoms with Crippen molar-refractivity contribution in [1.29, 1.82) is 0 Å². The molecule has 0 saturated heterocycles. The van der Waals surface area contributed by atoms with Crippen molar-refractivity contribution in [2.24, 2.45) is 5.92 Å². The highest BCUT2D eigenvalue weighted by Gasteiger charge is 2.35. The van der Waals surface area contributed by atoms with Crippen LogP contribution in [0.5, 0.6) is 0 Å². The van der Waals surface area contributed by atoms with E-state index in [-0.39, 0.29) is 12.1 Å². The second kappa shape index (κ2) is 9.43. The summed E-state index contributed by atoms with van der Waals surface area (Å²) in [5.74, 6) is -0.832. The van der Waals surface area contributed by atoms with Crippen LogP contribution in [0.2, 0.25) is 0 Å². The average molecular weight is 519 g/mol. The van der Waals surface area contributed by atoms with E-state index in [4.69, 9.17) is 14.1 Å². The van der Waals surface area contributed by atoms with Crippen molar-refractivity contribution in [3.63, 3.8) is 0 Å². The normalized spacial score (nSPS) is 22.4. The number of nitrogens with zero attached hydrogens (tertiary/aromatic N) is 4. The van der Waals surface area contributed by atoms with Crippen LogP contribution < -0.4 is 4.90 Å². The number of aliphatic hydroxyl groups is 1. The quantitative estimate of drug-likeness (QED) is 0.387. The molecule has 1 aromatic carbocycles. The van der Waals surface area contributed by atoms with Crippen LogP contribution in [0.15, 0.2) is 41.1 Å². The molecular weight excluding hydrogens is 488 g/mol. The SMILES string of the molecule is COC(=O)N1c2ccc3c(nc([C@H](O)c4cc5ccoc5cn4)n3[C@@H]3CCC[C@@H](C(=O)O)C3)c2CC[C@@H]1C. The summed E-state index contributed by atoms with van der Waals surface area (Å²) in [6.07, 6.45) is 5.71. The zero-order valence-electron chi connectivity index (χ0n) is 21.3. The molecule has 198 valence electrons. The monoisotopic (exact) mass is 518 g/mol. The number of ether oxygens (including phenoxy) is 1. The number of imidazole rings is 1. The number of aromatic nitrogens is 3. The zero-order valence-corrected chi connectivity index (χ0v) is 21.3. The highest BCUT2D eigenvalue weighted by Crippen LogP contribution is 2.42. The summed E-state index contributed by atoms with van der Waals surface area (Å²) >= 11 is 0. The number of fused-ring (bicyclic) bond motifs is 4. The average Bonchev–Trinajstić information content (AvgIpc) is 3.56. The van der Waals surface area contributed by atoms with Gasteiger partial charge in [0.15, 0.2) is 11.7 Å². The van der Waals surface area contributed by atoms with Gasteiger partial charge in [0.05, 0.1) is 47.9 Å². The summed E-state index contributed by atoms with van der Waals surface area (Å²) in [6.45, 7) is 1.99. The minimum atomic E-state index is -1.14. The lowest BCUT2D eigenvalue weighted by molar-refractivity contribution is -0.143. The van der Waals surface area contributed by atoms with Crippen LogP contribution in [0.25, 0.3) is 22.0 Å². The summed E-state index contributed by atoms with van der Waals surface area (Å²) in [5, 5.41) is 22.2. The molecule has 2 N–H and O–H groups in total. The van der Waals surface area contributed by atoms with Crippen molar-refractivity contribution < 1.29 is 29.0 Å². The van der Waals surface area contributed by atoms with Crippen LogP contribution in [0.3, 0.4) is 0 Å². The minimum absolute atomic E-state index is 0.0277. The molecule has 1 fully saturated rings. The molecule has 4 atom stereocenters. The molecule has 1 saturated carbocycles. The third-order valence-corrected chi connectivity index (χ3v) is 8.10. The second-order valence-electron chi connectivity index (χ2n) is 10.3. The number of methoxy groups -OCH3 is 1. The molecule has 0 spiro atoms. The van der Waals surface area contributed by atoms with Gasteiger partial charge in [-0.15, -0.1) is 0 Å². The number of anilines is 1. The number of carbonyl (C=O) groups is 2. The summed E-state index contributed by atoms with van der Waals surface area (Å²) < 4.78 is 12.5.